The van der Waals surface area contributed by atoms with Gasteiger partial charge in [-0.15, -0.1) is 0 Å². The number of amides is 1. The van der Waals surface area contributed by atoms with Gasteiger partial charge in [-0.05, 0) is 43.1 Å². The van der Waals surface area contributed by atoms with Gasteiger partial charge < -0.3 is 14.5 Å². The fourth-order valence-electron chi connectivity index (χ4n) is 5.77. The predicted octanol–water partition coefficient (Wildman–Crippen LogP) is 4.38. The molecule has 34 heavy (non-hydrogen) atoms. The summed E-state index contributed by atoms with van der Waals surface area (Å²) < 4.78 is 5.71. The number of anilines is 1. The van der Waals surface area contributed by atoms with Crippen LogP contribution in [0, 0.1) is 0 Å². The first kappa shape index (κ1) is 23.2. The summed E-state index contributed by atoms with van der Waals surface area (Å²) in [4.78, 5) is 22.5. The Balaban J connectivity index is 1.25. The van der Waals surface area contributed by atoms with Crippen molar-refractivity contribution in [3.8, 4) is 0 Å². The molecule has 0 spiro atoms. The molecule has 0 radical (unpaired) electrons. The number of rotatable bonds is 5. The maximum atomic E-state index is 13.1. The van der Waals surface area contributed by atoms with Crippen LogP contribution in [-0.4, -0.2) is 79.7 Å². The zero-order valence-electron chi connectivity index (χ0n) is 20.4. The standard InChI is InChI=1S/C28H38N4O2/c1-29-14-19-32(28(33)34-22-23-8-3-2-4-9-23)27(21-29)24-10-7-13-26(20-24)31-17-15-30(16-18-31)25-11-5-6-12-25/h2-4,7-10,13,20,25,27H,5-6,11-12,14-19,21-22H2,1H3. The van der Waals surface area contributed by atoms with Crippen LogP contribution in [0.2, 0.25) is 0 Å². The Labute approximate surface area is 204 Å². The van der Waals surface area contributed by atoms with E-state index in [4.69, 9.17) is 4.74 Å². The van der Waals surface area contributed by atoms with Crippen LogP contribution < -0.4 is 4.90 Å². The highest BCUT2D eigenvalue weighted by molar-refractivity contribution is 5.69. The van der Waals surface area contributed by atoms with E-state index in [1.807, 2.05) is 35.2 Å². The van der Waals surface area contributed by atoms with E-state index in [0.717, 1.165) is 50.9 Å². The third-order valence-corrected chi connectivity index (χ3v) is 7.80. The molecule has 1 aliphatic carbocycles. The van der Waals surface area contributed by atoms with Gasteiger partial charge in [0.25, 0.3) is 0 Å². The van der Waals surface area contributed by atoms with Crippen molar-refractivity contribution in [1.82, 2.24) is 14.7 Å². The quantitative estimate of drug-likeness (QED) is 0.660. The summed E-state index contributed by atoms with van der Waals surface area (Å²) in [6, 6.07) is 19.5. The molecule has 3 fully saturated rings. The average molecular weight is 463 g/mol. The minimum absolute atomic E-state index is 0.00162. The van der Waals surface area contributed by atoms with Crippen LogP contribution in [0.25, 0.3) is 0 Å². The van der Waals surface area contributed by atoms with E-state index in [0.29, 0.717) is 13.2 Å². The Morgan fingerprint density at radius 2 is 1.68 bits per heavy atom. The fourth-order valence-corrected chi connectivity index (χ4v) is 5.77. The van der Waals surface area contributed by atoms with Gasteiger partial charge in [-0.3, -0.25) is 9.80 Å². The van der Waals surface area contributed by atoms with E-state index in [-0.39, 0.29) is 12.1 Å². The number of hydrogen-bond acceptors (Lipinski definition) is 5. The second-order valence-corrected chi connectivity index (χ2v) is 10.1. The third-order valence-electron chi connectivity index (χ3n) is 7.80. The number of carbonyl (C=O) groups excluding carboxylic acids is 1. The summed E-state index contributed by atoms with van der Waals surface area (Å²) in [7, 11) is 2.13. The lowest BCUT2D eigenvalue weighted by molar-refractivity contribution is 0.0491. The largest absolute Gasteiger partial charge is 0.445 e. The molecule has 1 saturated carbocycles. The Morgan fingerprint density at radius 1 is 0.912 bits per heavy atom. The number of ether oxygens (including phenoxy) is 1. The first-order valence-electron chi connectivity index (χ1n) is 12.9. The van der Waals surface area contributed by atoms with E-state index >= 15 is 0 Å². The van der Waals surface area contributed by atoms with Gasteiger partial charge in [0.1, 0.15) is 6.61 Å². The first-order valence-corrected chi connectivity index (χ1v) is 12.9. The molecule has 1 unspecified atom stereocenters. The Morgan fingerprint density at radius 3 is 2.44 bits per heavy atom. The van der Waals surface area contributed by atoms with Crippen LogP contribution in [0.5, 0.6) is 0 Å². The van der Waals surface area contributed by atoms with E-state index in [1.165, 1.54) is 36.9 Å². The first-order chi connectivity index (χ1) is 16.7. The molecule has 3 aliphatic rings. The molecule has 2 aliphatic heterocycles. The minimum atomic E-state index is -0.225. The molecule has 5 rings (SSSR count). The number of hydrogen-bond donors (Lipinski definition) is 0. The van der Waals surface area contributed by atoms with Gasteiger partial charge in [0.2, 0.25) is 0 Å². The van der Waals surface area contributed by atoms with Crippen molar-refractivity contribution in [2.24, 2.45) is 0 Å². The molecule has 6 heteroatoms. The third kappa shape index (κ3) is 5.39. The number of carbonyl (C=O) groups is 1. The number of benzene rings is 2. The molecule has 0 bridgehead atoms. The van der Waals surface area contributed by atoms with Gasteiger partial charge in [-0.1, -0.05) is 55.3 Å². The lowest BCUT2D eigenvalue weighted by Crippen LogP contribution is -2.50. The van der Waals surface area contributed by atoms with Crippen molar-refractivity contribution < 1.29 is 9.53 Å². The topological polar surface area (TPSA) is 39.3 Å². The van der Waals surface area contributed by atoms with E-state index in [9.17, 15) is 4.79 Å². The molecule has 2 saturated heterocycles. The second kappa shape index (κ2) is 10.8. The van der Waals surface area contributed by atoms with Crippen LogP contribution in [0.4, 0.5) is 10.5 Å². The van der Waals surface area contributed by atoms with Crippen molar-refractivity contribution in [2.75, 3.05) is 57.8 Å². The monoisotopic (exact) mass is 462 g/mol. The highest BCUT2D eigenvalue weighted by Gasteiger charge is 2.32. The lowest BCUT2D eigenvalue weighted by atomic mass is 10.0. The van der Waals surface area contributed by atoms with Crippen molar-refractivity contribution in [1.29, 1.82) is 0 Å². The number of likely N-dealkylation sites (N-methyl/N-ethyl adjacent to an activating group) is 1. The van der Waals surface area contributed by atoms with Crippen LogP contribution in [0.15, 0.2) is 54.6 Å². The van der Waals surface area contributed by atoms with Crippen LogP contribution >= 0.6 is 0 Å². The van der Waals surface area contributed by atoms with E-state index in [2.05, 4.69) is 46.0 Å². The maximum Gasteiger partial charge on any atom is 0.410 e. The van der Waals surface area contributed by atoms with Crippen LogP contribution in [-0.2, 0) is 11.3 Å². The molecule has 2 aromatic rings. The number of piperazine rings is 2. The Bertz CT molecular complexity index is 938. The fraction of sp³-hybridized carbons (Fsp3) is 0.536. The molecule has 182 valence electrons. The van der Waals surface area contributed by atoms with Crippen molar-refractivity contribution >= 4 is 11.8 Å². The van der Waals surface area contributed by atoms with Crippen LogP contribution in [0.3, 0.4) is 0 Å². The zero-order valence-corrected chi connectivity index (χ0v) is 20.4. The molecular weight excluding hydrogens is 424 g/mol. The lowest BCUT2D eigenvalue weighted by Gasteiger charge is -2.41. The zero-order chi connectivity index (χ0) is 23.3. The predicted molar refractivity (Wildman–Crippen MR) is 136 cm³/mol. The summed E-state index contributed by atoms with van der Waals surface area (Å²) in [6.45, 7) is 7.13. The van der Waals surface area contributed by atoms with Gasteiger partial charge in [0, 0.05) is 57.5 Å². The molecule has 2 aromatic carbocycles. The van der Waals surface area contributed by atoms with E-state index < -0.39 is 0 Å². The second-order valence-electron chi connectivity index (χ2n) is 10.1. The Hall–Kier alpha value is -2.57. The van der Waals surface area contributed by atoms with Gasteiger partial charge in [0.15, 0.2) is 0 Å². The van der Waals surface area contributed by atoms with Gasteiger partial charge >= 0.3 is 6.09 Å². The molecule has 2 heterocycles. The highest BCUT2D eigenvalue weighted by atomic mass is 16.6. The summed E-state index contributed by atoms with van der Waals surface area (Å²) in [5, 5.41) is 0. The van der Waals surface area contributed by atoms with Crippen LogP contribution in [0.1, 0.15) is 42.9 Å². The summed E-state index contributed by atoms with van der Waals surface area (Å²) in [5.74, 6) is 0. The molecule has 6 nitrogen and oxygen atoms in total. The van der Waals surface area contributed by atoms with Gasteiger partial charge in [0.05, 0.1) is 6.04 Å². The average Bonchev–Trinajstić information content (AvgIpc) is 3.43. The summed E-state index contributed by atoms with van der Waals surface area (Å²) in [5.41, 5.74) is 3.48. The van der Waals surface area contributed by atoms with Gasteiger partial charge in [-0.25, -0.2) is 4.79 Å². The normalized spacial score (nSPS) is 22.8. The van der Waals surface area contributed by atoms with E-state index in [1.54, 1.807) is 0 Å². The smallest absolute Gasteiger partial charge is 0.410 e. The molecular formula is C28H38N4O2. The van der Waals surface area contributed by atoms with Gasteiger partial charge in [-0.2, -0.15) is 0 Å². The molecule has 0 N–H and O–H groups in total. The molecule has 0 aromatic heterocycles. The molecule has 1 amide bonds. The summed E-state index contributed by atoms with van der Waals surface area (Å²) >= 11 is 0. The van der Waals surface area contributed by atoms with Crippen molar-refractivity contribution in [3.63, 3.8) is 0 Å². The van der Waals surface area contributed by atoms with Crippen molar-refractivity contribution in [2.45, 2.75) is 44.4 Å². The minimum Gasteiger partial charge on any atom is -0.445 e. The summed E-state index contributed by atoms with van der Waals surface area (Å²) in [6.07, 6.45) is 5.32. The Kier molecular flexibility index (Phi) is 7.36. The highest BCUT2D eigenvalue weighted by Crippen LogP contribution is 2.30. The molecule has 1 atom stereocenters. The van der Waals surface area contributed by atoms with Crippen molar-refractivity contribution in [3.05, 3.63) is 65.7 Å². The SMILES string of the molecule is CN1CCN(C(=O)OCc2ccccc2)C(c2cccc(N3CCN(C4CCCC4)CC3)c2)C1. The maximum absolute atomic E-state index is 13.1. The number of nitrogens with zero attached hydrogens (tertiary/aromatic N) is 4.